The van der Waals surface area contributed by atoms with Crippen molar-refractivity contribution in [3.8, 4) is 0 Å². The summed E-state index contributed by atoms with van der Waals surface area (Å²) in [7, 11) is 0. The number of carbonyl (C=O) groups is 1. The molecule has 0 aliphatic heterocycles. The summed E-state index contributed by atoms with van der Waals surface area (Å²) in [6, 6.07) is 2.28. The molecule has 5 heteroatoms. The van der Waals surface area contributed by atoms with Gasteiger partial charge < -0.3 is 10.2 Å². The molecule has 5 nitrogen and oxygen atoms in total. The van der Waals surface area contributed by atoms with Crippen molar-refractivity contribution in [2.45, 2.75) is 39.7 Å². The molecule has 2 rings (SSSR count). The monoisotopic (exact) mass is 248 g/mol. The van der Waals surface area contributed by atoms with Crippen LogP contribution in [-0.2, 0) is 0 Å². The number of aromatic nitrogens is 2. The van der Waals surface area contributed by atoms with Crippen molar-refractivity contribution < 1.29 is 4.79 Å². The fourth-order valence-electron chi connectivity index (χ4n) is 1.86. The molecule has 0 radical (unpaired) electrons. The quantitative estimate of drug-likeness (QED) is 0.864. The van der Waals surface area contributed by atoms with Crippen molar-refractivity contribution in [1.82, 2.24) is 14.9 Å². The molecular formula is C13H20N4O. The van der Waals surface area contributed by atoms with Gasteiger partial charge in [0.15, 0.2) is 0 Å². The van der Waals surface area contributed by atoms with E-state index < -0.39 is 0 Å². The van der Waals surface area contributed by atoms with Crippen LogP contribution in [0.25, 0.3) is 0 Å². The first-order valence-electron chi connectivity index (χ1n) is 6.55. The van der Waals surface area contributed by atoms with Crippen LogP contribution in [0.3, 0.4) is 0 Å². The molecule has 0 atom stereocenters. The number of rotatable bonds is 5. The molecule has 1 heterocycles. The van der Waals surface area contributed by atoms with E-state index in [0.29, 0.717) is 30.6 Å². The average molecular weight is 248 g/mol. The van der Waals surface area contributed by atoms with E-state index in [4.69, 9.17) is 0 Å². The molecule has 98 valence electrons. The van der Waals surface area contributed by atoms with Crippen molar-refractivity contribution in [2.24, 2.45) is 0 Å². The van der Waals surface area contributed by atoms with E-state index >= 15 is 0 Å². The van der Waals surface area contributed by atoms with Gasteiger partial charge in [-0.1, -0.05) is 0 Å². The van der Waals surface area contributed by atoms with Crippen LogP contribution in [-0.4, -0.2) is 39.9 Å². The van der Waals surface area contributed by atoms with Crippen molar-refractivity contribution in [3.05, 3.63) is 17.6 Å². The molecule has 1 aliphatic rings. The van der Waals surface area contributed by atoms with E-state index in [2.05, 4.69) is 15.3 Å². The Morgan fingerprint density at radius 3 is 2.61 bits per heavy atom. The highest BCUT2D eigenvalue weighted by molar-refractivity contribution is 5.93. The van der Waals surface area contributed by atoms with Crippen LogP contribution >= 0.6 is 0 Å². The molecular weight excluding hydrogens is 228 g/mol. The summed E-state index contributed by atoms with van der Waals surface area (Å²) in [6.07, 6.45) is 2.37. The Morgan fingerprint density at radius 1 is 1.39 bits per heavy atom. The van der Waals surface area contributed by atoms with Gasteiger partial charge in [-0.2, -0.15) is 0 Å². The Bertz CT molecular complexity index is 439. The third-order valence-corrected chi connectivity index (χ3v) is 3.04. The van der Waals surface area contributed by atoms with E-state index in [1.54, 1.807) is 11.0 Å². The van der Waals surface area contributed by atoms with Crippen molar-refractivity contribution in [2.75, 3.05) is 18.4 Å². The largest absolute Gasteiger partial charge is 0.367 e. The van der Waals surface area contributed by atoms with Gasteiger partial charge in [0.05, 0.1) is 0 Å². The maximum atomic E-state index is 12.2. The summed E-state index contributed by atoms with van der Waals surface area (Å²) < 4.78 is 0. The van der Waals surface area contributed by atoms with Crippen LogP contribution in [0.2, 0.25) is 0 Å². The number of anilines is 1. The molecule has 1 saturated carbocycles. The summed E-state index contributed by atoms with van der Waals surface area (Å²) in [4.78, 5) is 22.5. The van der Waals surface area contributed by atoms with Gasteiger partial charge in [0.2, 0.25) is 0 Å². The number of nitrogens with one attached hydrogen (secondary N) is 1. The molecule has 18 heavy (non-hydrogen) atoms. The first-order valence-corrected chi connectivity index (χ1v) is 6.55. The third kappa shape index (κ3) is 2.97. The molecule has 1 aliphatic carbocycles. The van der Waals surface area contributed by atoms with Crippen LogP contribution in [0.1, 0.15) is 43.0 Å². The standard InChI is InChI=1S/C13H20N4O/c1-4-17(5-2)13(18)11-8-12(15-9(3)14-11)16-10-6-7-10/h8,10H,4-7H2,1-3H3,(H,14,15,16). The number of aryl methyl sites for hydroxylation is 1. The minimum atomic E-state index is -0.0238. The molecule has 0 spiro atoms. The van der Waals surface area contributed by atoms with Gasteiger partial charge in [-0.3, -0.25) is 4.79 Å². The molecule has 1 aromatic heterocycles. The minimum Gasteiger partial charge on any atom is -0.367 e. The molecule has 1 aromatic rings. The number of amides is 1. The molecule has 1 fully saturated rings. The Morgan fingerprint density at radius 2 is 2.06 bits per heavy atom. The molecule has 0 saturated heterocycles. The number of carbonyl (C=O) groups excluding carboxylic acids is 1. The zero-order valence-electron chi connectivity index (χ0n) is 11.2. The first-order chi connectivity index (χ1) is 8.63. The van der Waals surface area contributed by atoms with Gasteiger partial charge in [-0.25, -0.2) is 9.97 Å². The zero-order chi connectivity index (χ0) is 13.1. The summed E-state index contributed by atoms with van der Waals surface area (Å²) in [6.45, 7) is 7.16. The summed E-state index contributed by atoms with van der Waals surface area (Å²) in [5.74, 6) is 1.38. The number of hydrogen-bond donors (Lipinski definition) is 1. The van der Waals surface area contributed by atoms with Crippen LogP contribution in [0.4, 0.5) is 5.82 Å². The lowest BCUT2D eigenvalue weighted by atomic mass is 10.3. The highest BCUT2D eigenvalue weighted by Gasteiger charge is 2.22. The second-order valence-corrected chi connectivity index (χ2v) is 4.58. The summed E-state index contributed by atoms with van der Waals surface area (Å²) in [5, 5.41) is 3.31. The SMILES string of the molecule is CCN(CC)C(=O)c1cc(NC2CC2)nc(C)n1. The predicted molar refractivity (Wildman–Crippen MR) is 70.7 cm³/mol. The van der Waals surface area contributed by atoms with Gasteiger partial charge >= 0.3 is 0 Å². The lowest BCUT2D eigenvalue weighted by molar-refractivity contribution is 0.0766. The Kier molecular flexibility index (Phi) is 3.79. The Hall–Kier alpha value is -1.65. The first kappa shape index (κ1) is 12.8. The number of nitrogens with zero attached hydrogens (tertiary/aromatic N) is 3. The normalized spacial score (nSPS) is 14.4. The second-order valence-electron chi connectivity index (χ2n) is 4.58. The Balaban J connectivity index is 2.20. The van der Waals surface area contributed by atoms with Gasteiger partial charge in [0.1, 0.15) is 17.3 Å². The summed E-state index contributed by atoms with van der Waals surface area (Å²) >= 11 is 0. The van der Waals surface area contributed by atoms with Crippen LogP contribution in [0.15, 0.2) is 6.07 Å². The van der Waals surface area contributed by atoms with E-state index in [1.165, 1.54) is 12.8 Å². The van der Waals surface area contributed by atoms with E-state index in [0.717, 1.165) is 5.82 Å². The maximum Gasteiger partial charge on any atom is 0.272 e. The van der Waals surface area contributed by atoms with Crippen LogP contribution < -0.4 is 5.32 Å². The fraction of sp³-hybridized carbons (Fsp3) is 0.615. The zero-order valence-corrected chi connectivity index (χ0v) is 11.2. The van der Waals surface area contributed by atoms with Gasteiger partial charge in [0, 0.05) is 25.2 Å². The smallest absolute Gasteiger partial charge is 0.272 e. The Labute approximate surface area is 108 Å². The third-order valence-electron chi connectivity index (χ3n) is 3.04. The molecule has 1 N–H and O–H groups in total. The summed E-state index contributed by atoms with van der Waals surface area (Å²) in [5.41, 5.74) is 0.481. The highest BCUT2D eigenvalue weighted by atomic mass is 16.2. The minimum absolute atomic E-state index is 0.0238. The van der Waals surface area contributed by atoms with E-state index in [1.807, 2.05) is 20.8 Å². The number of hydrogen-bond acceptors (Lipinski definition) is 4. The van der Waals surface area contributed by atoms with Crippen LogP contribution in [0, 0.1) is 6.92 Å². The molecule has 1 amide bonds. The van der Waals surface area contributed by atoms with Gasteiger partial charge in [0.25, 0.3) is 5.91 Å². The van der Waals surface area contributed by atoms with E-state index in [-0.39, 0.29) is 5.91 Å². The maximum absolute atomic E-state index is 12.2. The lowest BCUT2D eigenvalue weighted by Crippen LogP contribution is -2.31. The molecule has 0 unspecified atom stereocenters. The molecule has 0 aromatic carbocycles. The predicted octanol–water partition coefficient (Wildman–Crippen LogP) is 1.84. The van der Waals surface area contributed by atoms with Gasteiger partial charge in [-0.15, -0.1) is 0 Å². The van der Waals surface area contributed by atoms with Gasteiger partial charge in [-0.05, 0) is 33.6 Å². The lowest BCUT2D eigenvalue weighted by Gasteiger charge is -2.18. The highest BCUT2D eigenvalue weighted by Crippen LogP contribution is 2.24. The van der Waals surface area contributed by atoms with Crippen LogP contribution in [0.5, 0.6) is 0 Å². The van der Waals surface area contributed by atoms with Crippen molar-refractivity contribution >= 4 is 11.7 Å². The molecule has 0 bridgehead atoms. The van der Waals surface area contributed by atoms with Crippen molar-refractivity contribution in [3.63, 3.8) is 0 Å². The average Bonchev–Trinajstić information content (AvgIpc) is 3.13. The van der Waals surface area contributed by atoms with Crippen molar-refractivity contribution in [1.29, 1.82) is 0 Å². The topological polar surface area (TPSA) is 58.1 Å². The second kappa shape index (κ2) is 5.33. The van der Waals surface area contributed by atoms with E-state index in [9.17, 15) is 4.79 Å². The fourth-order valence-corrected chi connectivity index (χ4v) is 1.86.